The summed E-state index contributed by atoms with van der Waals surface area (Å²) in [5, 5.41) is 28.8. The SMILES string of the molecule is CCCCC[C@H](O)/C=C/[C@H]1OC(=O)C[C@H](O)[C@@H]1C/C=[13CH]/[13CH2][13CH2][13CH2][13C](=O)O. The van der Waals surface area contributed by atoms with Crippen molar-refractivity contribution in [1.82, 2.24) is 0 Å². The van der Waals surface area contributed by atoms with Gasteiger partial charge in [-0.15, -0.1) is 0 Å². The second-order valence-electron chi connectivity index (χ2n) is 6.83. The van der Waals surface area contributed by atoms with Gasteiger partial charge in [0.15, 0.2) is 0 Å². The number of aliphatic hydroxyl groups excluding tert-OH is 2. The highest BCUT2D eigenvalue weighted by Crippen LogP contribution is 2.27. The van der Waals surface area contributed by atoms with Gasteiger partial charge in [-0.2, -0.15) is 0 Å². The van der Waals surface area contributed by atoms with Gasteiger partial charge in [0, 0.05) is 12.3 Å². The lowest BCUT2D eigenvalue weighted by Gasteiger charge is -2.32. The van der Waals surface area contributed by atoms with Crippen LogP contribution < -0.4 is 0 Å². The number of esters is 1. The Hall–Kier alpha value is -1.66. The number of rotatable bonds is 12. The normalized spacial score (nSPS) is 24.9. The Balaban J connectivity index is 2.54. The molecule has 0 aromatic heterocycles. The molecule has 6 heteroatoms. The molecule has 0 amide bonds. The fourth-order valence-electron chi connectivity index (χ4n) is 2.98. The highest BCUT2D eigenvalue weighted by Gasteiger charge is 2.35. The van der Waals surface area contributed by atoms with Crippen molar-refractivity contribution in [3.8, 4) is 0 Å². The minimum atomic E-state index is -0.810. The number of hydrogen-bond acceptors (Lipinski definition) is 5. The molecule has 3 N–H and O–H groups in total. The predicted octanol–water partition coefficient (Wildman–Crippen LogP) is 2.98. The third-order valence-corrected chi connectivity index (χ3v) is 4.52. The van der Waals surface area contributed by atoms with Crippen molar-refractivity contribution >= 4 is 11.9 Å². The van der Waals surface area contributed by atoms with Gasteiger partial charge in [0.05, 0.1) is 18.6 Å². The third-order valence-electron chi connectivity index (χ3n) is 4.52. The van der Waals surface area contributed by atoms with Gasteiger partial charge < -0.3 is 20.1 Å². The summed E-state index contributed by atoms with van der Waals surface area (Å²) in [5.41, 5.74) is 0. The summed E-state index contributed by atoms with van der Waals surface area (Å²) in [5.74, 6) is -1.51. The molecule has 1 heterocycles. The Morgan fingerprint density at radius 3 is 2.77 bits per heavy atom. The van der Waals surface area contributed by atoms with E-state index in [9.17, 15) is 19.8 Å². The molecule has 1 rings (SSSR count). The van der Waals surface area contributed by atoms with Gasteiger partial charge in [-0.05, 0) is 31.8 Å². The van der Waals surface area contributed by atoms with Crippen LogP contribution in [0.3, 0.4) is 0 Å². The summed E-state index contributed by atoms with van der Waals surface area (Å²) in [6.45, 7) is 2.10. The molecule has 6 nitrogen and oxygen atoms in total. The van der Waals surface area contributed by atoms with E-state index in [4.69, 9.17) is 9.84 Å². The maximum atomic E-state index is 11.6. The van der Waals surface area contributed by atoms with Crippen LogP contribution in [0.2, 0.25) is 0 Å². The number of ether oxygens (including phenoxy) is 1. The highest BCUT2D eigenvalue weighted by atomic mass is 16.5. The zero-order valence-electron chi connectivity index (χ0n) is 15.5. The molecule has 0 spiro atoms. The van der Waals surface area contributed by atoms with Gasteiger partial charge in [-0.3, -0.25) is 9.59 Å². The Bertz CT molecular complexity index is 485. The molecule has 0 unspecified atom stereocenters. The van der Waals surface area contributed by atoms with Gasteiger partial charge in [0.25, 0.3) is 0 Å². The van der Waals surface area contributed by atoms with Gasteiger partial charge in [0.1, 0.15) is 6.10 Å². The molecule has 0 bridgehead atoms. The summed E-state index contributed by atoms with van der Waals surface area (Å²) in [6.07, 6.45) is 10.8. The number of carbonyl (C=O) groups excluding carboxylic acids is 1. The largest absolute Gasteiger partial charge is 0.481 e. The minimum Gasteiger partial charge on any atom is -0.481 e. The molecular formula is C20H32O6. The van der Waals surface area contributed by atoms with Crippen molar-refractivity contribution in [1.29, 1.82) is 0 Å². The van der Waals surface area contributed by atoms with Crippen molar-refractivity contribution in [2.75, 3.05) is 0 Å². The van der Waals surface area contributed by atoms with Crippen LogP contribution in [0.4, 0.5) is 0 Å². The monoisotopic (exact) mass is 373 g/mol. The molecule has 1 saturated heterocycles. The minimum absolute atomic E-state index is 0.0269. The number of allylic oxidation sites excluding steroid dienone is 2. The number of carboxylic acids is 1. The van der Waals surface area contributed by atoms with Crippen molar-refractivity contribution in [3.05, 3.63) is 24.3 Å². The molecule has 4 atom stereocenters. The van der Waals surface area contributed by atoms with Crippen molar-refractivity contribution < 1.29 is 29.6 Å². The fourth-order valence-corrected chi connectivity index (χ4v) is 2.98. The number of aliphatic carboxylic acids is 1. The molecule has 0 aromatic carbocycles. The highest BCUT2D eigenvalue weighted by molar-refractivity contribution is 5.71. The Morgan fingerprint density at radius 2 is 2.08 bits per heavy atom. The number of hydrogen-bond donors (Lipinski definition) is 3. The molecule has 0 radical (unpaired) electrons. The Kier molecular flexibility index (Phi) is 10.9. The third kappa shape index (κ3) is 9.15. The molecule has 1 fully saturated rings. The van der Waals surface area contributed by atoms with Crippen LogP contribution >= 0.6 is 0 Å². The molecule has 148 valence electrons. The van der Waals surface area contributed by atoms with Crippen LogP contribution in [0.1, 0.15) is 64.7 Å². The lowest BCUT2D eigenvalue weighted by Crippen LogP contribution is -2.41. The van der Waals surface area contributed by atoms with Gasteiger partial charge in [-0.1, -0.05) is 44.4 Å². The maximum Gasteiger partial charge on any atom is 0.309 e. The lowest BCUT2D eigenvalue weighted by molar-refractivity contribution is -0.163. The Morgan fingerprint density at radius 1 is 1.31 bits per heavy atom. The van der Waals surface area contributed by atoms with E-state index in [1.54, 1.807) is 12.2 Å². The van der Waals surface area contributed by atoms with Gasteiger partial charge in [-0.25, -0.2) is 0 Å². The topological polar surface area (TPSA) is 104 Å². The second kappa shape index (κ2) is 12.7. The maximum absolute atomic E-state index is 11.6. The molecule has 0 aromatic rings. The fraction of sp³-hybridized carbons (Fsp3) is 0.700. The van der Waals surface area contributed by atoms with Crippen LogP contribution in [-0.4, -0.2) is 45.6 Å². The first-order chi connectivity index (χ1) is 12.4. The van der Waals surface area contributed by atoms with Crippen LogP contribution in [-0.2, 0) is 14.3 Å². The van der Waals surface area contributed by atoms with Crippen LogP contribution in [0, 0.1) is 5.92 Å². The summed E-state index contributed by atoms with van der Waals surface area (Å²) in [6, 6.07) is 0. The van der Waals surface area contributed by atoms with E-state index in [1.807, 2.05) is 12.2 Å². The standard InChI is InChI=1S/C20H32O6/c1-2-3-6-9-15(21)12-13-18-16(17(22)14-20(25)26-18)10-7-4-5-8-11-19(23)24/h4,7,12-13,15-18,21-22H,2-3,5-6,8-11,14H2,1H3,(H,23,24)/b7-4+,13-12+/t15-,16-,17-,18+/m0/s1/i4+1,5+1,8+1,11+1,19+1. The van der Waals surface area contributed by atoms with E-state index < -0.39 is 30.3 Å². The number of carbonyl (C=O) groups is 2. The van der Waals surface area contributed by atoms with E-state index in [-0.39, 0.29) is 18.8 Å². The molecule has 1 aliphatic heterocycles. The molecule has 0 aliphatic carbocycles. The summed E-state index contributed by atoms with van der Waals surface area (Å²) in [4.78, 5) is 22.1. The van der Waals surface area contributed by atoms with E-state index >= 15 is 0 Å². The quantitative estimate of drug-likeness (QED) is 0.210. The van der Waals surface area contributed by atoms with Gasteiger partial charge in [0.2, 0.25) is 0 Å². The zero-order valence-corrected chi connectivity index (χ0v) is 15.5. The zero-order chi connectivity index (χ0) is 19.4. The first-order valence-electron chi connectivity index (χ1n) is 9.54. The van der Waals surface area contributed by atoms with E-state index in [2.05, 4.69) is 6.92 Å². The first-order valence-corrected chi connectivity index (χ1v) is 9.54. The average molecular weight is 373 g/mol. The van der Waals surface area contributed by atoms with Crippen molar-refractivity contribution in [2.24, 2.45) is 5.92 Å². The molecule has 0 saturated carbocycles. The van der Waals surface area contributed by atoms with Crippen LogP contribution in [0.15, 0.2) is 24.3 Å². The molecular weight excluding hydrogens is 341 g/mol. The summed E-state index contributed by atoms with van der Waals surface area (Å²) >= 11 is 0. The lowest BCUT2D eigenvalue weighted by atomic mass is 9.88. The van der Waals surface area contributed by atoms with Crippen molar-refractivity contribution in [2.45, 2.75) is 83.0 Å². The molecule has 1 aliphatic rings. The number of cyclic esters (lactones) is 1. The van der Waals surface area contributed by atoms with Gasteiger partial charge >= 0.3 is 11.9 Å². The smallest absolute Gasteiger partial charge is 0.309 e. The first kappa shape index (κ1) is 22.4. The summed E-state index contributed by atoms with van der Waals surface area (Å²) in [7, 11) is 0. The number of carboxylic acid groups (broad SMARTS) is 1. The predicted molar refractivity (Wildman–Crippen MR) is 98.5 cm³/mol. The van der Waals surface area contributed by atoms with Crippen molar-refractivity contribution in [3.63, 3.8) is 0 Å². The van der Waals surface area contributed by atoms with E-state index in [1.165, 1.54) is 0 Å². The van der Waals surface area contributed by atoms with Crippen LogP contribution in [0.25, 0.3) is 0 Å². The van der Waals surface area contributed by atoms with E-state index in [0.29, 0.717) is 25.7 Å². The summed E-state index contributed by atoms with van der Waals surface area (Å²) < 4.78 is 5.35. The number of unbranched alkanes of at least 4 members (excludes halogenated alkanes) is 3. The second-order valence-corrected chi connectivity index (χ2v) is 6.83. The Labute approximate surface area is 155 Å². The number of aliphatic hydroxyl groups is 2. The van der Waals surface area contributed by atoms with E-state index in [0.717, 1.165) is 19.3 Å². The average Bonchev–Trinajstić information content (AvgIpc) is 2.57. The molecule has 26 heavy (non-hydrogen) atoms. The van der Waals surface area contributed by atoms with Crippen LogP contribution in [0.5, 0.6) is 0 Å².